The number of non-ortho nitro benzene ring substituents is 1. The van der Waals surface area contributed by atoms with Crippen LogP contribution in [0.4, 0.5) is 5.69 Å². The van der Waals surface area contributed by atoms with Gasteiger partial charge in [0.1, 0.15) is 16.2 Å². The van der Waals surface area contributed by atoms with Crippen LogP contribution in [-0.4, -0.2) is 20.2 Å². The Kier molecular flexibility index (Phi) is 2.79. The first-order valence-electron chi connectivity index (χ1n) is 5.20. The van der Waals surface area contributed by atoms with Gasteiger partial charge in [0.15, 0.2) is 5.17 Å². The minimum absolute atomic E-state index is 0.00317. The van der Waals surface area contributed by atoms with Crippen molar-refractivity contribution >= 4 is 34.4 Å². The molecule has 2 aliphatic rings. The Hall–Kier alpha value is -1.87. The number of hydrazone groups is 1. The molecule has 0 saturated carbocycles. The first-order valence-corrected chi connectivity index (χ1v) is 6.96. The van der Waals surface area contributed by atoms with Crippen LogP contribution >= 0.6 is 23.5 Å². The van der Waals surface area contributed by atoms with E-state index in [4.69, 9.17) is 5.73 Å². The van der Waals surface area contributed by atoms with E-state index in [2.05, 4.69) is 5.10 Å². The maximum absolute atomic E-state index is 10.8. The van der Waals surface area contributed by atoms with Gasteiger partial charge in [-0.25, -0.2) is 5.01 Å². The molecule has 98 valence electrons. The first kappa shape index (κ1) is 12.2. The highest BCUT2D eigenvalue weighted by Gasteiger charge is 2.35. The second kappa shape index (κ2) is 4.35. The van der Waals surface area contributed by atoms with E-state index < -0.39 is 4.92 Å². The van der Waals surface area contributed by atoms with Gasteiger partial charge in [-0.1, -0.05) is 11.8 Å². The number of benzene rings is 1. The smallest absolute Gasteiger partial charge is 0.270 e. The van der Waals surface area contributed by atoms with Gasteiger partial charge in [0.05, 0.1) is 4.92 Å². The molecule has 2 aliphatic heterocycles. The predicted octanol–water partition coefficient (Wildman–Crippen LogP) is 2.12. The van der Waals surface area contributed by atoms with E-state index in [9.17, 15) is 15.2 Å². The molecule has 1 atom stereocenters. The van der Waals surface area contributed by atoms with Gasteiger partial charge < -0.3 is 10.8 Å². The van der Waals surface area contributed by atoms with E-state index in [1.165, 1.54) is 41.7 Å². The van der Waals surface area contributed by atoms with Crippen molar-refractivity contribution < 1.29 is 10.0 Å². The summed E-state index contributed by atoms with van der Waals surface area (Å²) in [6.07, 6.45) is 0. The van der Waals surface area contributed by atoms with Gasteiger partial charge in [-0.3, -0.25) is 10.1 Å². The lowest BCUT2D eigenvalue weighted by Gasteiger charge is -2.19. The van der Waals surface area contributed by atoms with Crippen molar-refractivity contribution in [2.24, 2.45) is 10.8 Å². The lowest BCUT2D eigenvalue weighted by molar-refractivity contribution is -0.385. The molecule has 1 aromatic carbocycles. The van der Waals surface area contributed by atoms with Gasteiger partial charge in [-0.15, -0.1) is 5.10 Å². The molecule has 0 aromatic heterocycles. The molecule has 2 heterocycles. The van der Waals surface area contributed by atoms with Crippen LogP contribution in [0.25, 0.3) is 0 Å². The van der Waals surface area contributed by atoms with Gasteiger partial charge >= 0.3 is 0 Å². The van der Waals surface area contributed by atoms with Crippen LogP contribution in [-0.2, 0) is 0 Å². The molecule has 0 saturated heterocycles. The summed E-state index contributed by atoms with van der Waals surface area (Å²) in [4.78, 5) is 10.3. The molecule has 1 aromatic rings. The topological polar surface area (TPSA) is 105 Å². The molecular weight excluding hydrogens is 288 g/mol. The van der Waals surface area contributed by atoms with Crippen molar-refractivity contribution in [2.75, 3.05) is 0 Å². The van der Waals surface area contributed by atoms with Crippen molar-refractivity contribution in [3.63, 3.8) is 0 Å². The molecule has 0 aliphatic carbocycles. The molecule has 3 rings (SSSR count). The number of hydrogen-bond donors (Lipinski definition) is 2. The fourth-order valence-corrected chi connectivity index (χ4v) is 3.79. The third-order valence-corrected chi connectivity index (χ3v) is 4.67. The van der Waals surface area contributed by atoms with E-state index in [-0.39, 0.29) is 16.8 Å². The molecule has 0 fully saturated rings. The Morgan fingerprint density at radius 1 is 1.53 bits per heavy atom. The van der Waals surface area contributed by atoms with Crippen molar-refractivity contribution in [3.05, 3.63) is 44.3 Å². The zero-order valence-electron chi connectivity index (χ0n) is 9.39. The zero-order valence-corrected chi connectivity index (χ0v) is 11.0. The first-order chi connectivity index (χ1) is 9.06. The molecule has 0 radical (unpaired) electrons. The Labute approximate surface area is 116 Å². The van der Waals surface area contributed by atoms with Crippen molar-refractivity contribution in [3.8, 4) is 5.75 Å². The Balaban J connectivity index is 1.99. The standard InChI is InChI=1S/C10H8N4O3S2/c11-10-12-13-8(19-10)4-18-9(13)6-3-5(14(16)17)1-2-7(6)15/h1-4,9,15H,(H2,11,12). The summed E-state index contributed by atoms with van der Waals surface area (Å²) >= 11 is 2.75. The van der Waals surface area contributed by atoms with Crippen LogP contribution in [0.1, 0.15) is 10.9 Å². The monoisotopic (exact) mass is 296 g/mol. The predicted molar refractivity (Wildman–Crippen MR) is 74.2 cm³/mol. The summed E-state index contributed by atoms with van der Waals surface area (Å²) in [6.45, 7) is 0. The molecule has 19 heavy (non-hydrogen) atoms. The Morgan fingerprint density at radius 3 is 3.05 bits per heavy atom. The molecule has 3 N–H and O–H groups in total. The SMILES string of the molecule is NC1=NN2C(=CSC2c2cc([N+](=O)[O-])ccc2O)S1. The molecule has 0 spiro atoms. The number of hydrogen-bond acceptors (Lipinski definition) is 8. The molecule has 1 unspecified atom stereocenters. The second-order valence-electron chi connectivity index (χ2n) is 3.83. The van der Waals surface area contributed by atoms with Gasteiger partial charge in [0.2, 0.25) is 0 Å². The minimum Gasteiger partial charge on any atom is -0.508 e. The fraction of sp³-hybridized carbons (Fsp3) is 0.100. The average molecular weight is 296 g/mol. The van der Waals surface area contributed by atoms with Crippen LogP contribution < -0.4 is 5.73 Å². The number of amidine groups is 1. The number of phenols is 1. The number of nitrogens with zero attached hydrogens (tertiary/aromatic N) is 3. The van der Waals surface area contributed by atoms with E-state index in [1.807, 2.05) is 5.41 Å². The van der Waals surface area contributed by atoms with Gasteiger partial charge in [-0.05, 0) is 17.8 Å². The number of aromatic hydroxyl groups is 1. The largest absolute Gasteiger partial charge is 0.508 e. The summed E-state index contributed by atoms with van der Waals surface area (Å²) in [5.74, 6) is 0.00317. The van der Waals surface area contributed by atoms with E-state index >= 15 is 0 Å². The lowest BCUT2D eigenvalue weighted by Crippen LogP contribution is -2.13. The van der Waals surface area contributed by atoms with Crippen molar-refractivity contribution in [2.45, 2.75) is 5.37 Å². The summed E-state index contributed by atoms with van der Waals surface area (Å²) in [7, 11) is 0. The quantitative estimate of drug-likeness (QED) is 0.636. The minimum atomic E-state index is -0.493. The fourth-order valence-electron chi connectivity index (χ4n) is 1.81. The van der Waals surface area contributed by atoms with Crippen LogP contribution in [0.2, 0.25) is 0 Å². The van der Waals surface area contributed by atoms with Crippen LogP contribution in [0, 0.1) is 10.1 Å². The van der Waals surface area contributed by atoms with Crippen LogP contribution in [0.5, 0.6) is 5.75 Å². The maximum atomic E-state index is 10.8. The highest BCUT2D eigenvalue weighted by Crippen LogP contribution is 2.51. The number of fused-ring (bicyclic) bond motifs is 1. The highest BCUT2D eigenvalue weighted by molar-refractivity contribution is 8.18. The van der Waals surface area contributed by atoms with E-state index in [1.54, 1.807) is 5.01 Å². The highest BCUT2D eigenvalue weighted by atomic mass is 32.2. The van der Waals surface area contributed by atoms with E-state index in [0.717, 1.165) is 5.03 Å². The van der Waals surface area contributed by atoms with Crippen molar-refractivity contribution in [1.82, 2.24) is 5.01 Å². The molecule has 7 nitrogen and oxygen atoms in total. The van der Waals surface area contributed by atoms with Gasteiger partial charge in [0, 0.05) is 23.1 Å². The number of nitrogens with two attached hydrogens (primary N) is 1. The van der Waals surface area contributed by atoms with E-state index in [0.29, 0.717) is 10.7 Å². The van der Waals surface area contributed by atoms with Crippen LogP contribution in [0.15, 0.2) is 33.7 Å². The molecule has 0 amide bonds. The average Bonchev–Trinajstić information content (AvgIpc) is 2.88. The molecule has 9 heteroatoms. The maximum Gasteiger partial charge on any atom is 0.270 e. The molecule has 0 bridgehead atoms. The summed E-state index contributed by atoms with van der Waals surface area (Å²) < 4.78 is 0. The normalized spacial score (nSPS) is 21.1. The number of thioether (sulfide) groups is 2. The summed E-state index contributed by atoms with van der Waals surface area (Å²) in [5, 5.41) is 29.3. The summed E-state index contributed by atoms with van der Waals surface area (Å²) in [6, 6.07) is 3.95. The van der Waals surface area contributed by atoms with Crippen LogP contribution in [0.3, 0.4) is 0 Å². The molecular formula is C10H8N4O3S2. The summed E-state index contributed by atoms with van der Waals surface area (Å²) in [5.41, 5.74) is 6.02. The third-order valence-electron chi connectivity index (χ3n) is 2.65. The Morgan fingerprint density at radius 2 is 2.32 bits per heavy atom. The van der Waals surface area contributed by atoms with Gasteiger partial charge in [0.25, 0.3) is 5.69 Å². The van der Waals surface area contributed by atoms with Crippen molar-refractivity contribution in [1.29, 1.82) is 0 Å². The van der Waals surface area contributed by atoms with Gasteiger partial charge in [-0.2, -0.15) is 0 Å². The number of nitro benzene ring substituents is 1. The second-order valence-corrected chi connectivity index (χ2v) is 5.82. The zero-order chi connectivity index (χ0) is 13.6. The number of phenolic OH excluding ortho intramolecular Hbond substituents is 1. The number of nitro groups is 1. The third kappa shape index (κ3) is 2.00. The number of rotatable bonds is 2. The lowest BCUT2D eigenvalue weighted by atomic mass is 10.1. The Bertz CT molecular complexity index is 631.